The van der Waals surface area contributed by atoms with Crippen molar-refractivity contribution in [1.82, 2.24) is 19.7 Å². The van der Waals surface area contributed by atoms with Gasteiger partial charge in [-0.1, -0.05) is 13.8 Å². The lowest BCUT2D eigenvalue weighted by molar-refractivity contribution is -0.137. The average Bonchev–Trinajstić information content (AvgIpc) is 3.20. The Bertz CT molecular complexity index is 1210. The third-order valence-corrected chi connectivity index (χ3v) is 5.75. The van der Waals surface area contributed by atoms with Crippen molar-refractivity contribution in [2.45, 2.75) is 46.1 Å². The largest absolute Gasteiger partial charge is 0.416 e. The van der Waals surface area contributed by atoms with Crippen LogP contribution in [0, 0.1) is 12.8 Å². The van der Waals surface area contributed by atoms with Crippen LogP contribution in [0.3, 0.4) is 0 Å². The Hall–Kier alpha value is -3.63. The number of carbonyl (C=O) groups is 1. The molecule has 1 unspecified atom stereocenters. The highest BCUT2D eigenvalue weighted by Crippen LogP contribution is 2.36. The molecule has 4 rings (SSSR count). The van der Waals surface area contributed by atoms with Gasteiger partial charge in [-0.3, -0.25) is 14.5 Å². The predicted molar refractivity (Wildman–Crippen MR) is 123 cm³/mol. The standard InChI is InChI=1S/C23H26F3N7O/c1-13(2)21-22(34)31-20-14(3)30-19(8-18(20)32(21)4)28-9-15-10-29-33(11-15)12-17-7-16(5-6-27-17)23(24,25)26/h5-8,10-11,13,21H,9,12H2,1-4H3,(H,28,30)(H,31,34). The Morgan fingerprint density at radius 2 is 2.03 bits per heavy atom. The number of aromatic nitrogens is 4. The van der Waals surface area contributed by atoms with Crippen LogP contribution < -0.4 is 15.5 Å². The second-order valence-electron chi connectivity index (χ2n) is 8.71. The second-order valence-corrected chi connectivity index (χ2v) is 8.71. The molecule has 0 aliphatic carbocycles. The van der Waals surface area contributed by atoms with E-state index in [4.69, 9.17) is 0 Å². The summed E-state index contributed by atoms with van der Waals surface area (Å²) in [5.41, 5.74) is 2.67. The van der Waals surface area contributed by atoms with Gasteiger partial charge in [-0.2, -0.15) is 18.3 Å². The van der Waals surface area contributed by atoms with E-state index in [1.165, 1.54) is 0 Å². The van der Waals surface area contributed by atoms with E-state index >= 15 is 0 Å². The van der Waals surface area contributed by atoms with Gasteiger partial charge in [-0.05, 0) is 25.0 Å². The normalized spacial score (nSPS) is 15.9. The average molecular weight is 474 g/mol. The van der Waals surface area contributed by atoms with Crippen LogP contribution in [0.2, 0.25) is 0 Å². The van der Waals surface area contributed by atoms with E-state index in [9.17, 15) is 18.0 Å². The molecule has 3 aromatic heterocycles. The van der Waals surface area contributed by atoms with Crippen LogP contribution in [0.1, 0.15) is 36.4 Å². The minimum Gasteiger partial charge on any atom is -0.366 e. The molecule has 0 bridgehead atoms. The van der Waals surface area contributed by atoms with Crippen LogP contribution in [-0.2, 0) is 24.1 Å². The third-order valence-electron chi connectivity index (χ3n) is 5.75. The van der Waals surface area contributed by atoms with Crippen molar-refractivity contribution in [2.75, 3.05) is 22.6 Å². The summed E-state index contributed by atoms with van der Waals surface area (Å²) >= 11 is 0. The van der Waals surface area contributed by atoms with Crippen molar-refractivity contribution in [1.29, 1.82) is 0 Å². The fraction of sp³-hybridized carbons (Fsp3) is 0.391. The van der Waals surface area contributed by atoms with Gasteiger partial charge in [-0.25, -0.2) is 4.98 Å². The van der Waals surface area contributed by atoms with Crippen molar-refractivity contribution in [2.24, 2.45) is 5.92 Å². The maximum absolute atomic E-state index is 12.9. The van der Waals surface area contributed by atoms with Crippen LogP contribution >= 0.6 is 0 Å². The molecule has 0 aromatic carbocycles. The van der Waals surface area contributed by atoms with Gasteiger partial charge in [0.25, 0.3) is 0 Å². The van der Waals surface area contributed by atoms with Gasteiger partial charge in [-0.15, -0.1) is 0 Å². The van der Waals surface area contributed by atoms with Gasteiger partial charge in [0.15, 0.2) is 0 Å². The summed E-state index contributed by atoms with van der Waals surface area (Å²) in [5, 5.41) is 10.5. The van der Waals surface area contributed by atoms with Gasteiger partial charge in [0.1, 0.15) is 11.9 Å². The van der Waals surface area contributed by atoms with Gasteiger partial charge < -0.3 is 15.5 Å². The highest BCUT2D eigenvalue weighted by Gasteiger charge is 2.34. The highest BCUT2D eigenvalue weighted by atomic mass is 19.4. The molecule has 180 valence electrons. The summed E-state index contributed by atoms with van der Waals surface area (Å²) < 4.78 is 40.3. The fourth-order valence-corrected chi connectivity index (χ4v) is 4.14. The lowest BCUT2D eigenvalue weighted by Gasteiger charge is -2.38. The van der Waals surface area contributed by atoms with E-state index in [2.05, 4.69) is 25.7 Å². The summed E-state index contributed by atoms with van der Waals surface area (Å²) in [5.74, 6) is 0.743. The first-order chi connectivity index (χ1) is 16.0. The monoisotopic (exact) mass is 473 g/mol. The van der Waals surface area contributed by atoms with Gasteiger partial charge in [0.2, 0.25) is 5.91 Å². The Morgan fingerprint density at radius 1 is 1.26 bits per heavy atom. The number of aryl methyl sites for hydroxylation is 1. The van der Waals surface area contributed by atoms with E-state index in [0.717, 1.165) is 29.6 Å². The molecule has 0 saturated heterocycles. The summed E-state index contributed by atoms with van der Waals surface area (Å²) in [6, 6.07) is 3.60. The number of hydrogen-bond donors (Lipinski definition) is 2. The molecule has 11 heteroatoms. The first-order valence-electron chi connectivity index (χ1n) is 10.9. The number of fused-ring (bicyclic) bond motifs is 1. The van der Waals surface area contributed by atoms with E-state index in [1.807, 2.05) is 38.8 Å². The van der Waals surface area contributed by atoms with E-state index in [-0.39, 0.29) is 30.1 Å². The minimum absolute atomic E-state index is 0.0433. The lowest BCUT2D eigenvalue weighted by Crippen LogP contribution is -2.49. The van der Waals surface area contributed by atoms with Crippen molar-refractivity contribution in [3.05, 3.63) is 59.3 Å². The SMILES string of the molecule is Cc1nc(NCc2cnn(Cc3cc(C(F)(F)F)ccn3)c2)cc2c1NC(=O)C(C(C)C)N2C. The molecule has 0 spiro atoms. The van der Waals surface area contributed by atoms with Crippen LogP contribution in [0.25, 0.3) is 0 Å². The molecule has 1 amide bonds. The zero-order valence-corrected chi connectivity index (χ0v) is 19.3. The number of pyridine rings is 2. The van der Waals surface area contributed by atoms with Crippen LogP contribution in [0.4, 0.5) is 30.4 Å². The summed E-state index contributed by atoms with van der Waals surface area (Å²) in [7, 11) is 1.90. The first-order valence-corrected chi connectivity index (χ1v) is 10.9. The Labute approximate surface area is 195 Å². The minimum atomic E-state index is -4.41. The molecule has 34 heavy (non-hydrogen) atoms. The molecule has 4 heterocycles. The number of hydrogen-bond acceptors (Lipinski definition) is 6. The zero-order chi connectivity index (χ0) is 24.6. The zero-order valence-electron chi connectivity index (χ0n) is 19.3. The van der Waals surface area contributed by atoms with Gasteiger partial charge >= 0.3 is 6.18 Å². The molecule has 0 radical (unpaired) electrons. The Balaban J connectivity index is 1.45. The molecule has 2 N–H and O–H groups in total. The number of nitrogens with zero attached hydrogens (tertiary/aromatic N) is 5. The smallest absolute Gasteiger partial charge is 0.366 e. The second kappa shape index (κ2) is 8.96. The highest BCUT2D eigenvalue weighted by molar-refractivity contribution is 6.04. The Kier molecular flexibility index (Phi) is 6.20. The molecule has 0 saturated carbocycles. The lowest BCUT2D eigenvalue weighted by atomic mass is 9.98. The number of anilines is 3. The number of likely N-dealkylation sites (N-methyl/N-ethyl adjacent to an activating group) is 1. The van der Waals surface area contributed by atoms with Gasteiger partial charge in [0.05, 0.1) is 41.1 Å². The maximum atomic E-state index is 12.9. The molecular weight excluding hydrogens is 447 g/mol. The third kappa shape index (κ3) is 4.82. The van der Waals surface area contributed by atoms with Crippen LogP contribution in [0.15, 0.2) is 36.8 Å². The van der Waals surface area contributed by atoms with Crippen molar-refractivity contribution in [3.8, 4) is 0 Å². The van der Waals surface area contributed by atoms with E-state index in [1.54, 1.807) is 17.1 Å². The number of carbonyl (C=O) groups excluding carboxylic acids is 1. The summed E-state index contributed by atoms with van der Waals surface area (Å²) in [6.45, 7) is 6.40. The molecule has 3 aromatic rings. The van der Waals surface area contributed by atoms with Crippen molar-refractivity contribution >= 4 is 23.1 Å². The number of alkyl halides is 3. The van der Waals surface area contributed by atoms with Crippen LogP contribution in [0.5, 0.6) is 0 Å². The van der Waals surface area contributed by atoms with Crippen molar-refractivity contribution < 1.29 is 18.0 Å². The Morgan fingerprint density at radius 3 is 2.74 bits per heavy atom. The van der Waals surface area contributed by atoms with Gasteiger partial charge in [0, 0.05) is 37.6 Å². The van der Waals surface area contributed by atoms with E-state index < -0.39 is 11.7 Å². The number of halogens is 3. The molecule has 1 aliphatic rings. The number of nitrogens with one attached hydrogen (secondary N) is 2. The van der Waals surface area contributed by atoms with Crippen LogP contribution in [-0.4, -0.2) is 38.7 Å². The fourth-order valence-electron chi connectivity index (χ4n) is 4.14. The quantitative estimate of drug-likeness (QED) is 0.561. The first kappa shape index (κ1) is 23.5. The van der Waals surface area contributed by atoms with Crippen molar-refractivity contribution in [3.63, 3.8) is 0 Å². The molecule has 1 atom stereocenters. The number of rotatable bonds is 6. The molecule has 8 nitrogen and oxygen atoms in total. The maximum Gasteiger partial charge on any atom is 0.416 e. The molecule has 1 aliphatic heterocycles. The topological polar surface area (TPSA) is 88.0 Å². The predicted octanol–water partition coefficient (Wildman–Crippen LogP) is 4.07. The molecular formula is C23H26F3N7O. The summed E-state index contributed by atoms with van der Waals surface area (Å²) in [4.78, 5) is 23.0. The number of amides is 1. The summed E-state index contributed by atoms with van der Waals surface area (Å²) in [6.07, 6.45) is 0.134. The van der Waals surface area contributed by atoms with E-state index in [0.29, 0.717) is 23.7 Å². The molecule has 0 fully saturated rings.